The van der Waals surface area contributed by atoms with Crippen molar-refractivity contribution >= 4 is 0 Å². The summed E-state index contributed by atoms with van der Waals surface area (Å²) in [7, 11) is 0. The van der Waals surface area contributed by atoms with Crippen molar-refractivity contribution in [3.63, 3.8) is 0 Å². The molecule has 0 saturated heterocycles. The van der Waals surface area contributed by atoms with Crippen molar-refractivity contribution in [1.29, 1.82) is 0 Å². The fourth-order valence-corrected chi connectivity index (χ4v) is 1.83. The molecule has 1 spiro atoms. The van der Waals surface area contributed by atoms with Crippen molar-refractivity contribution in [3.05, 3.63) is 0 Å². The molecule has 0 aromatic rings. The lowest BCUT2D eigenvalue weighted by molar-refractivity contribution is 0.231. The summed E-state index contributed by atoms with van der Waals surface area (Å²) in [6.45, 7) is 0. The zero-order chi connectivity index (χ0) is 5.78. The van der Waals surface area contributed by atoms with E-state index in [1.165, 1.54) is 19.3 Å². The van der Waals surface area contributed by atoms with E-state index in [4.69, 9.17) is 11.5 Å². The Bertz CT molecular complexity index is 116. The summed E-state index contributed by atoms with van der Waals surface area (Å²) in [6.07, 6.45) is 3.61. The highest BCUT2D eigenvalue weighted by molar-refractivity contribution is 5.14. The Labute approximate surface area is 49.2 Å². The second-order valence-corrected chi connectivity index (χ2v) is 3.34. The monoisotopic (exact) mass is 112 g/mol. The lowest BCUT2D eigenvalue weighted by Gasteiger charge is -2.33. The molecule has 2 aliphatic carbocycles. The molecule has 0 heterocycles. The third-order valence-electron chi connectivity index (χ3n) is 2.59. The van der Waals surface area contributed by atoms with Crippen LogP contribution in [-0.4, -0.2) is 12.1 Å². The molecule has 0 aromatic heterocycles. The van der Waals surface area contributed by atoms with Crippen molar-refractivity contribution in [2.75, 3.05) is 0 Å². The van der Waals surface area contributed by atoms with E-state index >= 15 is 0 Å². The predicted molar refractivity (Wildman–Crippen MR) is 32.2 cm³/mol. The second kappa shape index (κ2) is 1.09. The first-order valence-corrected chi connectivity index (χ1v) is 3.24. The molecule has 0 aromatic carbocycles. The minimum absolute atomic E-state index is 0.476. The molecule has 2 saturated carbocycles. The van der Waals surface area contributed by atoms with Crippen LogP contribution >= 0.6 is 0 Å². The number of rotatable bonds is 0. The Balaban J connectivity index is 1.96. The van der Waals surface area contributed by atoms with Crippen LogP contribution in [0.5, 0.6) is 0 Å². The first-order valence-electron chi connectivity index (χ1n) is 3.24. The number of hydrogen-bond donors (Lipinski definition) is 2. The Hall–Kier alpha value is -0.0800. The summed E-state index contributed by atoms with van der Waals surface area (Å²) in [6, 6.07) is 0.978. The van der Waals surface area contributed by atoms with Gasteiger partial charge in [0.25, 0.3) is 0 Å². The van der Waals surface area contributed by atoms with Crippen LogP contribution < -0.4 is 11.5 Å². The van der Waals surface area contributed by atoms with Gasteiger partial charge < -0.3 is 11.5 Å². The highest BCUT2D eigenvalue weighted by atomic mass is 14.9. The van der Waals surface area contributed by atoms with Crippen molar-refractivity contribution in [2.45, 2.75) is 31.3 Å². The lowest BCUT2D eigenvalue weighted by atomic mass is 9.77. The zero-order valence-electron chi connectivity index (χ0n) is 4.93. The summed E-state index contributed by atoms with van der Waals surface area (Å²) in [5.41, 5.74) is 11.8. The van der Waals surface area contributed by atoms with E-state index in [9.17, 15) is 0 Å². The van der Waals surface area contributed by atoms with Crippen molar-refractivity contribution in [1.82, 2.24) is 0 Å². The normalized spacial score (nSPS) is 60.8. The van der Waals surface area contributed by atoms with Crippen molar-refractivity contribution in [2.24, 2.45) is 16.9 Å². The van der Waals surface area contributed by atoms with E-state index in [1.807, 2.05) is 0 Å². The lowest BCUT2D eigenvalue weighted by Crippen LogP contribution is -2.40. The van der Waals surface area contributed by atoms with Crippen LogP contribution in [0.2, 0.25) is 0 Å². The van der Waals surface area contributed by atoms with Crippen LogP contribution in [0.1, 0.15) is 19.3 Å². The van der Waals surface area contributed by atoms with Crippen LogP contribution in [0.15, 0.2) is 0 Å². The smallest absolute Gasteiger partial charge is 0.0103 e. The molecule has 4 N–H and O–H groups in total. The molecule has 1 unspecified atom stereocenters. The largest absolute Gasteiger partial charge is 0.328 e. The van der Waals surface area contributed by atoms with Gasteiger partial charge in [-0.1, -0.05) is 0 Å². The van der Waals surface area contributed by atoms with Gasteiger partial charge in [0.1, 0.15) is 0 Å². The van der Waals surface area contributed by atoms with E-state index in [1.54, 1.807) is 0 Å². The standard InChI is InChI=1S/C6H12N2/c7-4-1-6(2-4)3-5(6)8/h4-5H,1-3,7-8H2. The van der Waals surface area contributed by atoms with E-state index in [0.717, 1.165) is 0 Å². The highest BCUT2D eigenvalue weighted by Gasteiger charge is 2.58. The predicted octanol–water partition coefficient (Wildman–Crippen LogP) is -0.175. The zero-order valence-corrected chi connectivity index (χ0v) is 4.93. The molecule has 2 aliphatic rings. The third kappa shape index (κ3) is 0.400. The first-order chi connectivity index (χ1) is 3.73. The minimum atomic E-state index is 0.476. The molecular formula is C6H12N2. The van der Waals surface area contributed by atoms with Gasteiger partial charge in [-0.15, -0.1) is 0 Å². The molecule has 1 atom stereocenters. The molecule has 0 aliphatic heterocycles. The Morgan fingerprint density at radius 2 is 1.62 bits per heavy atom. The maximum atomic E-state index is 5.67. The molecule has 0 radical (unpaired) electrons. The van der Waals surface area contributed by atoms with E-state index in [-0.39, 0.29) is 0 Å². The Morgan fingerprint density at radius 3 is 1.75 bits per heavy atom. The van der Waals surface area contributed by atoms with Crippen LogP contribution in [0.25, 0.3) is 0 Å². The van der Waals surface area contributed by atoms with Crippen molar-refractivity contribution in [3.8, 4) is 0 Å². The van der Waals surface area contributed by atoms with Gasteiger partial charge in [-0.25, -0.2) is 0 Å². The van der Waals surface area contributed by atoms with Gasteiger partial charge >= 0.3 is 0 Å². The Morgan fingerprint density at radius 1 is 1.12 bits per heavy atom. The van der Waals surface area contributed by atoms with Gasteiger partial charge in [-0.05, 0) is 24.7 Å². The number of hydrogen-bond acceptors (Lipinski definition) is 2. The molecular weight excluding hydrogens is 100 g/mol. The first kappa shape index (κ1) is 4.77. The summed E-state index contributed by atoms with van der Waals surface area (Å²) >= 11 is 0. The number of nitrogens with two attached hydrogens (primary N) is 2. The van der Waals surface area contributed by atoms with Gasteiger partial charge in [-0.3, -0.25) is 0 Å². The molecule has 2 rings (SSSR count). The van der Waals surface area contributed by atoms with Crippen LogP contribution in [0.4, 0.5) is 0 Å². The van der Waals surface area contributed by atoms with Crippen LogP contribution in [0, 0.1) is 5.41 Å². The average Bonchev–Trinajstić information content (AvgIpc) is 2.13. The second-order valence-electron chi connectivity index (χ2n) is 3.34. The summed E-state index contributed by atoms with van der Waals surface area (Å²) in [4.78, 5) is 0. The topological polar surface area (TPSA) is 52.0 Å². The molecule has 46 valence electrons. The fraction of sp³-hybridized carbons (Fsp3) is 1.00. The van der Waals surface area contributed by atoms with Gasteiger partial charge in [0.2, 0.25) is 0 Å². The quantitative estimate of drug-likeness (QED) is 0.457. The van der Waals surface area contributed by atoms with Crippen LogP contribution in [-0.2, 0) is 0 Å². The SMILES string of the molecule is NC1CC2(C1)CC2N. The molecule has 0 amide bonds. The maximum absolute atomic E-state index is 5.67. The van der Waals surface area contributed by atoms with E-state index < -0.39 is 0 Å². The average molecular weight is 112 g/mol. The van der Waals surface area contributed by atoms with E-state index in [0.29, 0.717) is 17.5 Å². The Kier molecular flexibility index (Phi) is 0.649. The molecule has 2 fully saturated rings. The summed E-state index contributed by atoms with van der Waals surface area (Å²) in [5.74, 6) is 0. The van der Waals surface area contributed by atoms with Gasteiger partial charge in [0, 0.05) is 12.1 Å². The van der Waals surface area contributed by atoms with Gasteiger partial charge in [-0.2, -0.15) is 0 Å². The van der Waals surface area contributed by atoms with E-state index in [2.05, 4.69) is 0 Å². The third-order valence-corrected chi connectivity index (χ3v) is 2.59. The highest BCUT2D eigenvalue weighted by Crippen LogP contribution is 2.58. The minimum Gasteiger partial charge on any atom is -0.328 e. The molecule has 8 heavy (non-hydrogen) atoms. The van der Waals surface area contributed by atoms with Crippen LogP contribution in [0.3, 0.4) is 0 Å². The van der Waals surface area contributed by atoms with Gasteiger partial charge in [0.15, 0.2) is 0 Å². The van der Waals surface area contributed by atoms with Crippen molar-refractivity contribution < 1.29 is 0 Å². The summed E-state index contributed by atoms with van der Waals surface area (Å²) in [5, 5.41) is 0. The molecule has 2 heteroatoms. The maximum Gasteiger partial charge on any atom is 0.0103 e. The van der Waals surface area contributed by atoms with Gasteiger partial charge in [0.05, 0.1) is 0 Å². The fourth-order valence-electron chi connectivity index (χ4n) is 1.83. The molecule has 0 bridgehead atoms. The summed E-state index contributed by atoms with van der Waals surface area (Å²) < 4.78 is 0. The molecule has 2 nitrogen and oxygen atoms in total.